The highest BCUT2D eigenvalue weighted by atomic mass is 16.5. The molecule has 7 nitrogen and oxygen atoms in total. The van der Waals surface area contributed by atoms with Crippen molar-refractivity contribution >= 4 is 11.7 Å². The first-order valence-corrected chi connectivity index (χ1v) is 11.3. The predicted molar refractivity (Wildman–Crippen MR) is 128 cm³/mol. The van der Waals surface area contributed by atoms with Crippen LogP contribution in [-0.4, -0.2) is 48.0 Å². The number of hydrogen-bond donors (Lipinski definition) is 0. The van der Waals surface area contributed by atoms with Gasteiger partial charge in [0.25, 0.3) is 5.91 Å². The fourth-order valence-electron chi connectivity index (χ4n) is 4.24. The van der Waals surface area contributed by atoms with Gasteiger partial charge in [-0.1, -0.05) is 60.7 Å². The fraction of sp³-hybridized carbons (Fsp3) is 0.296. The van der Waals surface area contributed by atoms with Gasteiger partial charge >= 0.3 is 0 Å². The molecule has 0 saturated carbocycles. The monoisotopic (exact) mass is 460 g/mol. The second-order valence-corrected chi connectivity index (χ2v) is 8.37. The molecule has 7 heteroatoms. The molecule has 2 heterocycles. The number of pyridine rings is 1. The highest BCUT2D eigenvalue weighted by Crippen LogP contribution is 2.30. The summed E-state index contributed by atoms with van der Waals surface area (Å²) in [5, 5.41) is 0. The van der Waals surface area contributed by atoms with E-state index in [-0.39, 0.29) is 41.3 Å². The number of hydrogen-bond acceptors (Lipinski definition) is 5. The van der Waals surface area contributed by atoms with Gasteiger partial charge in [0.05, 0.1) is 18.2 Å². The summed E-state index contributed by atoms with van der Waals surface area (Å²) in [6, 6.07) is 19.2. The first-order chi connectivity index (χ1) is 16.5. The van der Waals surface area contributed by atoms with Crippen molar-refractivity contribution in [2.45, 2.75) is 26.0 Å². The van der Waals surface area contributed by atoms with Crippen molar-refractivity contribution in [3.8, 4) is 5.75 Å². The van der Waals surface area contributed by atoms with Gasteiger partial charge in [-0.25, -0.2) is 0 Å². The minimum absolute atomic E-state index is 0.0167. The van der Waals surface area contributed by atoms with E-state index in [0.29, 0.717) is 26.1 Å². The smallest absolute Gasteiger partial charge is 0.274 e. The number of ketones is 1. The Labute approximate surface area is 198 Å². The molecule has 2 aromatic carbocycles. The number of carbonyl (C=O) groups excluding carboxylic acids is 2. The van der Waals surface area contributed by atoms with E-state index in [2.05, 4.69) is 0 Å². The number of ether oxygens (including phenoxy) is 2. The topological polar surface area (TPSA) is 77.8 Å². The van der Waals surface area contributed by atoms with Crippen molar-refractivity contribution in [1.29, 1.82) is 0 Å². The summed E-state index contributed by atoms with van der Waals surface area (Å²) in [6.45, 7) is 2.66. The zero-order chi connectivity index (χ0) is 24.1. The molecular weight excluding hydrogens is 432 g/mol. The van der Waals surface area contributed by atoms with E-state index in [9.17, 15) is 14.4 Å². The number of nitrogens with zero attached hydrogens (tertiary/aromatic N) is 2. The summed E-state index contributed by atoms with van der Waals surface area (Å²) in [5.41, 5.74) is 1.58. The quantitative estimate of drug-likeness (QED) is 0.457. The molecule has 1 unspecified atom stereocenters. The van der Waals surface area contributed by atoms with E-state index in [1.54, 1.807) is 16.6 Å². The second-order valence-electron chi connectivity index (χ2n) is 8.37. The van der Waals surface area contributed by atoms with Crippen LogP contribution in [0, 0.1) is 0 Å². The highest BCUT2D eigenvalue weighted by molar-refractivity contribution is 5.99. The Morgan fingerprint density at radius 2 is 1.65 bits per heavy atom. The molecule has 0 bridgehead atoms. The van der Waals surface area contributed by atoms with E-state index < -0.39 is 5.43 Å². The molecular formula is C27H28N2O5. The molecule has 4 rings (SSSR count). The van der Waals surface area contributed by atoms with E-state index in [0.717, 1.165) is 11.1 Å². The number of aromatic nitrogens is 1. The summed E-state index contributed by atoms with van der Waals surface area (Å²) in [7, 11) is 1.59. The lowest BCUT2D eigenvalue weighted by molar-refractivity contribution is 0.0588. The van der Waals surface area contributed by atoms with Crippen molar-refractivity contribution in [3.05, 3.63) is 99.5 Å². The van der Waals surface area contributed by atoms with Crippen LogP contribution in [0.3, 0.4) is 0 Å². The second kappa shape index (κ2) is 10.5. The van der Waals surface area contributed by atoms with Gasteiger partial charge in [-0.15, -0.1) is 0 Å². The van der Waals surface area contributed by atoms with Crippen LogP contribution in [0.4, 0.5) is 0 Å². The van der Waals surface area contributed by atoms with Crippen LogP contribution in [0.2, 0.25) is 0 Å². The Kier molecular flexibility index (Phi) is 7.23. The summed E-state index contributed by atoms with van der Waals surface area (Å²) in [6.07, 6.45) is 2.15. The maximum atomic E-state index is 13.5. The average Bonchev–Trinajstić information content (AvgIpc) is 2.85. The van der Waals surface area contributed by atoms with Gasteiger partial charge in [-0.2, -0.15) is 0 Å². The molecule has 0 radical (unpaired) electrons. The van der Waals surface area contributed by atoms with Gasteiger partial charge in [-0.05, 0) is 24.5 Å². The molecule has 0 fully saturated rings. The number of amides is 1. The van der Waals surface area contributed by atoms with Gasteiger partial charge in [0.15, 0.2) is 17.2 Å². The largest absolute Gasteiger partial charge is 0.483 e. The van der Waals surface area contributed by atoms with E-state index in [1.165, 1.54) is 13.1 Å². The third-order valence-electron chi connectivity index (χ3n) is 5.99. The van der Waals surface area contributed by atoms with Crippen LogP contribution >= 0.6 is 0 Å². The van der Waals surface area contributed by atoms with Gasteiger partial charge in [0, 0.05) is 26.4 Å². The van der Waals surface area contributed by atoms with Crippen LogP contribution in [0.1, 0.15) is 44.9 Å². The third kappa shape index (κ3) is 4.94. The van der Waals surface area contributed by atoms with Crippen molar-refractivity contribution in [2.75, 3.05) is 26.8 Å². The van der Waals surface area contributed by atoms with E-state index in [4.69, 9.17) is 9.47 Å². The van der Waals surface area contributed by atoms with Crippen molar-refractivity contribution < 1.29 is 19.1 Å². The molecule has 3 aromatic rings. The number of Topliss-reactive ketones (excluding diaryl/α,β-unsaturated/α-hetero) is 1. The molecule has 176 valence electrons. The number of fused-ring (bicyclic) bond motifs is 1. The maximum absolute atomic E-state index is 13.5. The van der Waals surface area contributed by atoms with Crippen LogP contribution in [0.25, 0.3) is 0 Å². The number of rotatable bonds is 9. The van der Waals surface area contributed by atoms with Gasteiger partial charge in [0.2, 0.25) is 5.43 Å². The normalized spacial score (nSPS) is 15.2. The molecule has 1 amide bonds. The lowest BCUT2D eigenvalue weighted by Crippen LogP contribution is -2.47. The lowest BCUT2D eigenvalue weighted by atomic mass is 10.0. The maximum Gasteiger partial charge on any atom is 0.274 e. The van der Waals surface area contributed by atoms with Crippen LogP contribution in [-0.2, 0) is 17.8 Å². The first kappa shape index (κ1) is 23.4. The Hall–Kier alpha value is -3.71. The lowest BCUT2D eigenvalue weighted by Gasteiger charge is -2.37. The fourth-order valence-corrected chi connectivity index (χ4v) is 4.24. The van der Waals surface area contributed by atoms with Gasteiger partial charge < -0.3 is 18.9 Å². The summed E-state index contributed by atoms with van der Waals surface area (Å²) in [4.78, 5) is 40.9. The molecule has 0 aliphatic carbocycles. The highest BCUT2D eigenvalue weighted by Gasteiger charge is 2.36. The average molecular weight is 461 g/mol. The van der Waals surface area contributed by atoms with Gasteiger partial charge in [0.1, 0.15) is 6.61 Å². The van der Waals surface area contributed by atoms with Gasteiger partial charge in [-0.3, -0.25) is 14.4 Å². The predicted octanol–water partition coefficient (Wildman–Crippen LogP) is 3.52. The minimum atomic E-state index is -0.560. The SMILES string of the molecule is COCCN1CC(Cc2ccccc2)n2cc(C(C)=O)c(=O)c(OCc3ccccc3)c2C1=O. The molecule has 34 heavy (non-hydrogen) atoms. The van der Waals surface area contributed by atoms with Crippen LogP contribution in [0.15, 0.2) is 71.7 Å². The summed E-state index contributed by atoms with van der Waals surface area (Å²) < 4.78 is 12.9. The Morgan fingerprint density at radius 3 is 2.26 bits per heavy atom. The van der Waals surface area contributed by atoms with Crippen LogP contribution in [0.5, 0.6) is 5.75 Å². The Morgan fingerprint density at radius 1 is 1.00 bits per heavy atom. The van der Waals surface area contributed by atoms with E-state index >= 15 is 0 Å². The standard InChI is InChI=1S/C27H28N2O5/c1-19(30)23-17-29-22(15-20-9-5-3-6-10-20)16-28(13-14-33-2)27(32)24(29)26(25(23)31)34-18-21-11-7-4-8-12-21/h3-12,17,22H,13-16,18H2,1-2H3. The summed E-state index contributed by atoms with van der Waals surface area (Å²) in [5.74, 6) is -0.754. The molecule has 0 spiro atoms. The molecule has 0 N–H and O–H groups in total. The Bertz CT molecular complexity index is 1220. The third-order valence-corrected chi connectivity index (χ3v) is 5.99. The van der Waals surface area contributed by atoms with Crippen LogP contribution < -0.4 is 10.2 Å². The van der Waals surface area contributed by atoms with Crippen molar-refractivity contribution in [3.63, 3.8) is 0 Å². The molecule has 0 saturated heterocycles. The molecule has 1 aliphatic heterocycles. The molecule has 1 aliphatic rings. The zero-order valence-electron chi connectivity index (χ0n) is 19.4. The zero-order valence-corrected chi connectivity index (χ0v) is 19.4. The van der Waals surface area contributed by atoms with Crippen molar-refractivity contribution in [2.24, 2.45) is 0 Å². The number of benzene rings is 2. The summed E-state index contributed by atoms with van der Waals surface area (Å²) >= 11 is 0. The molecule has 1 atom stereocenters. The van der Waals surface area contributed by atoms with Crippen molar-refractivity contribution in [1.82, 2.24) is 9.47 Å². The Balaban J connectivity index is 1.82. The molecule has 1 aromatic heterocycles. The first-order valence-electron chi connectivity index (χ1n) is 11.3. The minimum Gasteiger partial charge on any atom is -0.483 e. The number of carbonyl (C=O) groups is 2. The number of methoxy groups -OCH3 is 1. The van der Waals surface area contributed by atoms with E-state index in [1.807, 2.05) is 60.7 Å².